The SMILES string of the molecule is O=C1CCC[C@@H]2N1C[C@@]2(O)c1ccc(Br)cc1. The van der Waals surface area contributed by atoms with Gasteiger partial charge in [-0.1, -0.05) is 28.1 Å². The van der Waals surface area contributed by atoms with Crippen LogP contribution in [0.4, 0.5) is 0 Å². The number of aliphatic hydroxyl groups is 1. The lowest BCUT2D eigenvalue weighted by molar-refractivity contribution is -0.189. The van der Waals surface area contributed by atoms with Crippen molar-refractivity contribution in [1.29, 1.82) is 0 Å². The van der Waals surface area contributed by atoms with Gasteiger partial charge in [0.05, 0.1) is 12.6 Å². The van der Waals surface area contributed by atoms with Gasteiger partial charge in [-0.2, -0.15) is 0 Å². The average Bonchev–Trinajstić information content (AvgIpc) is 2.31. The average molecular weight is 296 g/mol. The molecule has 2 saturated heterocycles. The molecule has 0 spiro atoms. The number of rotatable bonds is 1. The minimum atomic E-state index is -0.837. The van der Waals surface area contributed by atoms with Crippen molar-refractivity contribution in [2.75, 3.05) is 6.54 Å². The molecule has 3 rings (SSSR count). The van der Waals surface area contributed by atoms with Crippen LogP contribution < -0.4 is 0 Å². The summed E-state index contributed by atoms with van der Waals surface area (Å²) in [6, 6.07) is 7.70. The number of carbonyl (C=O) groups excluding carboxylic acids is 1. The number of piperidine rings is 1. The lowest BCUT2D eigenvalue weighted by Crippen LogP contribution is -2.70. The molecule has 0 unspecified atom stereocenters. The molecule has 3 nitrogen and oxygen atoms in total. The summed E-state index contributed by atoms with van der Waals surface area (Å²) in [7, 11) is 0. The molecule has 17 heavy (non-hydrogen) atoms. The van der Waals surface area contributed by atoms with Crippen molar-refractivity contribution >= 4 is 21.8 Å². The van der Waals surface area contributed by atoms with Gasteiger partial charge in [0, 0.05) is 10.9 Å². The normalized spacial score (nSPS) is 32.0. The topological polar surface area (TPSA) is 40.5 Å². The molecule has 2 aliphatic heterocycles. The highest BCUT2D eigenvalue weighted by Gasteiger charge is 2.55. The maximum absolute atomic E-state index is 11.6. The standard InChI is InChI=1S/C13H14BrNO2/c14-10-6-4-9(5-7-10)13(17)8-15-11(13)2-1-3-12(15)16/h4-7,11,17H,1-3,8H2/t11-,13+/m0/s1. The molecule has 0 saturated carbocycles. The Hall–Kier alpha value is -0.870. The smallest absolute Gasteiger partial charge is 0.223 e. The van der Waals surface area contributed by atoms with Crippen LogP contribution in [0.1, 0.15) is 24.8 Å². The van der Waals surface area contributed by atoms with Crippen LogP contribution in [0.3, 0.4) is 0 Å². The summed E-state index contributed by atoms with van der Waals surface area (Å²) >= 11 is 3.38. The Morgan fingerprint density at radius 2 is 2.06 bits per heavy atom. The highest BCUT2D eigenvalue weighted by atomic mass is 79.9. The molecule has 4 heteroatoms. The molecule has 0 aromatic heterocycles. The molecule has 2 heterocycles. The van der Waals surface area contributed by atoms with E-state index in [1.807, 2.05) is 29.2 Å². The monoisotopic (exact) mass is 295 g/mol. The van der Waals surface area contributed by atoms with Crippen molar-refractivity contribution in [2.24, 2.45) is 0 Å². The van der Waals surface area contributed by atoms with E-state index >= 15 is 0 Å². The summed E-state index contributed by atoms with van der Waals surface area (Å²) in [5.41, 5.74) is 0.0770. The highest BCUT2D eigenvalue weighted by molar-refractivity contribution is 9.10. The minimum absolute atomic E-state index is 0.0232. The highest BCUT2D eigenvalue weighted by Crippen LogP contribution is 2.43. The first-order valence-electron chi connectivity index (χ1n) is 5.89. The van der Waals surface area contributed by atoms with E-state index in [1.54, 1.807) is 0 Å². The van der Waals surface area contributed by atoms with Crippen molar-refractivity contribution in [1.82, 2.24) is 4.90 Å². The zero-order chi connectivity index (χ0) is 12.0. The summed E-state index contributed by atoms with van der Waals surface area (Å²) in [5, 5.41) is 10.7. The second-order valence-corrected chi connectivity index (χ2v) is 5.78. The van der Waals surface area contributed by atoms with E-state index < -0.39 is 5.60 Å². The van der Waals surface area contributed by atoms with Crippen molar-refractivity contribution in [2.45, 2.75) is 30.9 Å². The number of halogens is 1. The molecule has 0 bridgehead atoms. The van der Waals surface area contributed by atoms with E-state index in [0.717, 1.165) is 22.9 Å². The Kier molecular flexibility index (Phi) is 2.52. The van der Waals surface area contributed by atoms with E-state index in [0.29, 0.717) is 13.0 Å². The molecule has 1 amide bonds. The molecular formula is C13H14BrNO2. The first-order chi connectivity index (χ1) is 8.11. The molecule has 90 valence electrons. The third-order valence-corrected chi connectivity index (χ3v) is 4.40. The fraction of sp³-hybridized carbons (Fsp3) is 0.462. The first kappa shape index (κ1) is 11.2. The largest absolute Gasteiger partial charge is 0.381 e. The predicted octanol–water partition coefficient (Wildman–Crippen LogP) is 2.03. The second kappa shape index (κ2) is 3.82. The molecule has 1 aromatic rings. The molecular weight excluding hydrogens is 282 g/mol. The molecule has 0 radical (unpaired) electrons. The maximum Gasteiger partial charge on any atom is 0.223 e. The number of nitrogens with zero attached hydrogens (tertiary/aromatic N) is 1. The summed E-state index contributed by atoms with van der Waals surface area (Å²) < 4.78 is 1.00. The summed E-state index contributed by atoms with van der Waals surface area (Å²) in [4.78, 5) is 13.4. The van der Waals surface area contributed by atoms with E-state index in [9.17, 15) is 9.90 Å². The van der Waals surface area contributed by atoms with Crippen molar-refractivity contribution < 1.29 is 9.90 Å². The fourth-order valence-corrected chi connectivity index (χ4v) is 3.15. The molecule has 2 atom stereocenters. The van der Waals surface area contributed by atoms with Crippen LogP contribution in [-0.4, -0.2) is 28.5 Å². The van der Waals surface area contributed by atoms with Gasteiger partial charge in [-0.15, -0.1) is 0 Å². The first-order valence-corrected chi connectivity index (χ1v) is 6.68. The van der Waals surface area contributed by atoms with Crippen LogP contribution >= 0.6 is 15.9 Å². The molecule has 1 aromatic carbocycles. The lowest BCUT2D eigenvalue weighted by Gasteiger charge is -2.56. The second-order valence-electron chi connectivity index (χ2n) is 4.86. The van der Waals surface area contributed by atoms with Gasteiger partial charge < -0.3 is 10.0 Å². The summed E-state index contributed by atoms with van der Waals surface area (Å²) in [5.74, 6) is 0.183. The zero-order valence-electron chi connectivity index (χ0n) is 9.40. The van der Waals surface area contributed by atoms with E-state index in [-0.39, 0.29) is 11.9 Å². The van der Waals surface area contributed by atoms with Gasteiger partial charge in [0.25, 0.3) is 0 Å². The Morgan fingerprint density at radius 1 is 1.35 bits per heavy atom. The number of carbonyl (C=O) groups is 1. The molecule has 1 N–H and O–H groups in total. The number of fused-ring (bicyclic) bond motifs is 1. The van der Waals surface area contributed by atoms with Gasteiger partial charge in [-0.05, 0) is 30.5 Å². The van der Waals surface area contributed by atoms with Crippen LogP contribution in [0.2, 0.25) is 0 Å². The fourth-order valence-electron chi connectivity index (χ4n) is 2.89. The number of benzene rings is 1. The van der Waals surface area contributed by atoms with Gasteiger partial charge in [0.15, 0.2) is 0 Å². The summed E-state index contributed by atoms with van der Waals surface area (Å²) in [6.07, 6.45) is 2.42. The Bertz CT molecular complexity index is 459. The Labute approximate surface area is 109 Å². The van der Waals surface area contributed by atoms with Gasteiger partial charge in [-0.25, -0.2) is 0 Å². The molecule has 0 aliphatic carbocycles. The van der Waals surface area contributed by atoms with Gasteiger partial charge in [0.1, 0.15) is 5.60 Å². The Morgan fingerprint density at radius 3 is 2.76 bits per heavy atom. The van der Waals surface area contributed by atoms with E-state index in [4.69, 9.17) is 0 Å². The lowest BCUT2D eigenvalue weighted by atomic mass is 9.73. The summed E-state index contributed by atoms with van der Waals surface area (Å²) in [6.45, 7) is 0.443. The van der Waals surface area contributed by atoms with Crippen LogP contribution in [0.25, 0.3) is 0 Å². The van der Waals surface area contributed by atoms with Gasteiger partial charge in [-0.3, -0.25) is 4.79 Å². The van der Waals surface area contributed by atoms with Gasteiger partial charge in [0.2, 0.25) is 5.91 Å². The predicted molar refractivity (Wildman–Crippen MR) is 67.4 cm³/mol. The molecule has 2 fully saturated rings. The number of hydrogen-bond acceptors (Lipinski definition) is 2. The van der Waals surface area contributed by atoms with Crippen molar-refractivity contribution in [3.63, 3.8) is 0 Å². The Balaban J connectivity index is 1.88. The van der Waals surface area contributed by atoms with Crippen LogP contribution in [0, 0.1) is 0 Å². The van der Waals surface area contributed by atoms with Crippen LogP contribution in [0.15, 0.2) is 28.7 Å². The van der Waals surface area contributed by atoms with E-state index in [2.05, 4.69) is 15.9 Å². The quantitative estimate of drug-likeness (QED) is 0.861. The third-order valence-electron chi connectivity index (χ3n) is 3.87. The van der Waals surface area contributed by atoms with Crippen molar-refractivity contribution in [3.05, 3.63) is 34.3 Å². The van der Waals surface area contributed by atoms with Crippen LogP contribution in [0.5, 0.6) is 0 Å². The third kappa shape index (κ3) is 1.62. The minimum Gasteiger partial charge on any atom is -0.381 e. The van der Waals surface area contributed by atoms with E-state index in [1.165, 1.54) is 0 Å². The van der Waals surface area contributed by atoms with Crippen LogP contribution in [-0.2, 0) is 10.4 Å². The maximum atomic E-state index is 11.6. The number of hydrogen-bond donors (Lipinski definition) is 1. The molecule has 2 aliphatic rings. The van der Waals surface area contributed by atoms with Gasteiger partial charge >= 0.3 is 0 Å². The van der Waals surface area contributed by atoms with Crippen molar-refractivity contribution in [3.8, 4) is 0 Å². The zero-order valence-corrected chi connectivity index (χ0v) is 11.0. The number of amides is 1.